The van der Waals surface area contributed by atoms with Crippen LogP contribution in [0.5, 0.6) is 0 Å². The van der Waals surface area contributed by atoms with Crippen LogP contribution in [0.15, 0.2) is 12.2 Å². The van der Waals surface area contributed by atoms with E-state index in [2.05, 4.69) is 19.1 Å². The molecule has 0 saturated carbocycles. The van der Waals surface area contributed by atoms with Crippen LogP contribution in [0.2, 0.25) is 0 Å². The van der Waals surface area contributed by atoms with E-state index < -0.39 is 29.5 Å². The highest BCUT2D eigenvalue weighted by Gasteiger charge is 2.25. The van der Waals surface area contributed by atoms with Crippen molar-refractivity contribution in [3.63, 3.8) is 0 Å². The lowest BCUT2D eigenvalue weighted by atomic mass is 10.1. The smallest absolute Gasteiger partial charge is 0.306 e. The first-order valence-corrected chi connectivity index (χ1v) is 11.8. The van der Waals surface area contributed by atoms with Crippen LogP contribution in [-0.2, 0) is 9.59 Å². The first-order chi connectivity index (χ1) is 15.4. The van der Waals surface area contributed by atoms with Crippen LogP contribution in [0.25, 0.3) is 0 Å². The molecule has 0 aromatic rings. The molecule has 0 aliphatic heterocycles. The number of likely N-dealkylation sites (N-methyl/N-ethyl adjacent to an activating group) is 1. The van der Waals surface area contributed by atoms with Gasteiger partial charge in [0, 0.05) is 6.42 Å². The summed E-state index contributed by atoms with van der Waals surface area (Å²) in [4.78, 5) is 23.2. The summed E-state index contributed by atoms with van der Waals surface area (Å²) in [6, 6.07) is 0. The molecular formula is C25H48NO4+. The molecule has 1 atom stereocenters. The fraction of sp³-hybridized carbons (Fsp3) is 0.840. The number of carboxylic acids is 1. The summed E-state index contributed by atoms with van der Waals surface area (Å²) in [6.07, 6.45) is 16.3. The lowest BCUT2D eigenvalue weighted by Gasteiger charge is -2.30. The Balaban J connectivity index is 3.97. The summed E-state index contributed by atoms with van der Waals surface area (Å²) in [7, 11) is 2.80. The van der Waals surface area contributed by atoms with Crippen LogP contribution in [0.4, 0.5) is 0 Å². The Bertz CT molecular complexity index is 592. The van der Waals surface area contributed by atoms with E-state index in [1.165, 1.54) is 59.0 Å². The molecule has 0 bridgehead atoms. The maximum absolute atomic E-state index is 12.3. The Labute approximate surface area is 189 Å². The van der Waals surface area contributed by atoms with Crippen molar-refractivity contribution in [1.82, 2.24) is 0 Å². The molecule has 0 rings (SSSR count). The summed E-state index contributed by atoms with van der Waals surface area (Å²) in [5.74, 6) is -1.61. The molecule has 0 unspecified atom stereocenters. The zero-order valence-electron chi connectivity index (χ0n) is 22.6. The Morgan fingerprint density at radius 2 is 1.43 bits per heavy atom. The van der Waals surface area contributed by atoms with E-state index in [-0.39, 0.29) is 12.3 Å². The second-order valence-electron chi connectivity index (χ2n) is 8.85. The monoisotopic (exact) mass is 429 g/mol. The third-order valence-corrected chi connectivity index (χ3v) is 5.04. The second-order valence-corrected chi connectivity index (χ2v) is 8.85. The molecule has 0 aliphatic rings. The first kappa shape index (κ1) is 23.5. The Morgan fingerprint density at radius 1 is 0.933 bits per heavy atom. The van der Waals surface area contributed by atoms with Crippen LogP contribution in [0.3, 0.4) is 0 Å². The highest BCUT2D eigenvalue weighted by Crippen LogP contribution is 2.11. The van der Waals surface area contributed by atoms with Gasteiger partial charge in [-0.1, -0.05) is 70.4 Å². The van der Waals surface area contributed by atoms with Crippen LogP contribution in [-0.4, -0.2) is 59.7 Å². The summed E-state index contributed by atoms with van der Waals surface area (Å²) >= 11 is 0. The molecule has 0 amide bonds. The van der Waals surface area contributed by atoms with Gasteiger partial charge in [-0.25, -0.2) is 0 Å². The van der Waals surface area contributed by atoms with Crippen molar-refractivity contribution in [2.45, 2.75) is 109 Å². The fourth-order valence-corrected chi connectivity index (χ4v) is 3.48. The number of hydrogen-bond acceptors (Lipinski definition) is 3. The molecule has 0 aliphatic carbocycles. The van der Waals surface area contributed by atoms with Crippen molar-refractivity contribution in [3.8, 4) is 0 Å². The van der Waals surface area contributed by atoms with Crippen molar-refractivity contribution in [2.75, 3.05) is 27.1 Å². The van der Waals surface area contributed by atoms with Gasteiger partial charge >= 0.3 is 5.97 Å². The third kappa shape index (κ3) is 20.1. The summed E-state index contributed by atoms with van der Waals surface area (Å²) in [5.41, 5.74) is 0. The lowest BCUT2D eigenvalue weighted by molar-refractivity contribution is -0.885. The van der Waals surface area contributed by atoms with Gasteiger partial charge in [0.2, 0.25) is 0 Å². The number of allylic oxidation sites excluding steroid dienone is 2. The number of carbonyl (C=O) groups is 2. The maximum Gasteiger partial charge on any atom is 0.306 e. The molecule has 0 saturated heterocycles. The number of unbranched alkanes of at least 4 members (excludes halogenated alkanes) is 11. The Hall–Kier alpha value is -1.20. The molecule has 0 radical (unpaired) electrons. The van der Waals surface area contributed by atoms with Crippen molar-refractivity contribution >= 4 is 11.8 Å². The molecule has 2 N–H and O–H groups in total. The maximum atomic E-state index is 12.3. The van der Waals surface area contributed by atoms with Gasteiger partial charge in [-0.15, -0.1) is 0 Å². The molecule has 0 heterocycles. The highest BCUT2D eigenvalue weighted by atomic mass is 16.4. The van der Waals surface area contributed by atoms with Crippen molar-refractivity contribution in [3.05, 3.63) is 12.2 Å². The van der Waals surface area contributed by atoms with Crippen molar-refractivity contribution < 1.29 is 28.4 Å². The molecule has 30 heavy (non-hydrogen) atoms. The minimum Gasteiger partial charge on any atom is -0.481 e. The normalized spacial score (nSPS) is 16.1. The zero-order valence-corrected chi connectivity index (χ0v) is 19.6. The number of hydrogen-bond donors (Lipinski definition) is 2. The number of rotatable bonds is 21. The Morgan fingerprint density at radius 3 is 1.97 bits per heavy atom. The molecule has 5 heteroatoms. The third-order valence-electron chi connectivity index (χ3n) is 5.04. The number of ketones is 1. The number of carboxylic acid groups (broad SMARTS) is 1. The quantitative estimate of drug-likeness (QED) is 0.143. The van der Waals surface area contributed by atoms with Crippen LogP contribution in [0, 0.1) is 0 Å². The Kier molecular flexibility index (Phi) is 14.5. The summed E-state index contributed by atoms with van der Waals surface area (Å²) in [5, 5.41) is 18.9. The van der Waals surface area contributed by atoms with Crippen LogP contribution < -0.4 is 0 Å². The molecule has 5 nitrogen and oxygen atoms in total. The largest absolute Gasteiger partial charge is 0.481 e. The van der Waals surface area contributed by atoms with Gasteiger partial charge < -0.3 is 14.7 Å². The number of nitrogens with zero attached hydrogens (tertiary/aromatic N) is 1. The SMILES string of the molecule is [2H]C([2H])([C@]([2H])(O)CC(=O)O)[N+](C)(C)CC(=O)CCCCCCC/C=C\CCCCCCCC. The van der Waals surface area contributed by atoms with Gasteiger partial charge in [0.1, 0.15) is 19.1 Å². The van der Waals surface area contributed by atoms with Gasteiger partial charge in [0.05, 0.1) is 24.6 Å². The van der Waals surface area contributed by atoms with Crippen molar-refractivity contribution in [1.29, 1.82) is 0 Å². The predicted octanol–water partition coefficient (Wildman–Crippen LogP) is 5.51. The number of Topliss-reactive ketones (excluding diaryl/α,β-unsaturated/α-hetero) is 1. The number of aliphatic hydroxyl groups is 1. The molecule has 0 spiro atoms. The zero-order chi connectivity index (χ0) is 25.4. The van der Waals surface area contributed by atoms with Crippen LogP contribution >= 0.6 is 0 Å². The van der Waals surface area contributed by atoms with E-state index in [1.807, 2.05) is 0 Å². The van der Waals surface area contributed by atoms with E-state index in [0.717, 1.165) is 38.5 Å². The van der Waals surface area contributed by atoms with E-state index in [9.17, 15) is 14.7 Å². The molecule has 0 aromatic carbocycles. The summed E-state index contributed by atoms with van der Waals surface area (Å²) < 4.78 is 23.3. The fourth-order valence-electron chi connectivity index (χ4n) is 3.48. The van der Waals surface area contributed by atoms with Gasteiger partial charge in [-0.2, -0.15) is 0 Å². The number of aliphatic carboxylic acids is 1. The molecule has 0 fully saturated rings. The van der Waals surface area contributed by atoms with Gasteiger partial charge in [-0.3, -0.25) is 9.59 Å². The van der Waals surface area contributed by atoms with E-state index in [0.29, 0.717) is 6.42 Å². The van der Waals surface area contributed by atoms with Crippen LogP contribution in [0.1, 0.15) is 107 Å². The first-order valence-electron chi connectivity index (χ1n) is 13.3. The molecule has 0 aromatic heterocycles. The number of carbonyl (C=O) groups excluding carboxylic acids is 1. The lowest BCUT2D eigenvalue weighted by Crippen LogP contribution is -2.48. The predicted molar refractivity (Wildman–Crippen MR) is 125 cm³/mol. The minimum atomic E-state index is -2.83. The van der Waals surface area contributed by atoms with Gasteiger partial charge in [-0.05, 0) is 32.1 Å². The highest BCUT2D eigenvalue weighted by molar-refractivity contribution is 5.79. The molecular weight excluding hydrogens is 378 g/mol. The topological polar surface area (TPSA) is 74.6 Å². The van der Waals surface area contributed by atoms with E-state index in [1.54, 1.807) is 0 Å². The second kappa shape index (κ2) is 18.6. The van der Waals surface area contributed by atoms with E-state index >= 15 is 0 Å². The molecule has 176 valence electrons. The van der Waals surface area contributed by atoms with Crippen molar-refractivity contribution in [2.24, 2.45) is 0 Å². The standard InChI is InChI=1S/C25H47NO4/c1-4-5-6-7-8-9-10-11-12-13-14-15-16-17-18-19-23(27)21-26(2,3)22-24(28)20-25(29)30/h11-12,24,28H,4-10,13-22H2,1-3H3/p+1/b12-11-/t24-/m1/s1/i22D2,24D. The minimum absolute atomic E-state index is 0.146. The van der Waals surface area contributed by atoms with Gasteiger partial charge in [0.25, 0.3) is 0 Å². The number of quaternary nitrogens is 1. The average Bonchev–Trinajstić information content (AvgIpc) is 2.69. The van der Waals surface area contributed by atoms with E-state index in [4.69, 9.17) is 9.22 Å². The van der Waals surface area contributed by atoms with Gasteiger partial charge in [0.15, 0.2) is 5.78 Å². The average molecular weight is 430 g/mol. The summed E-state index contributed by atoms with van der Waals surface area (Å²) in [6.45, 7) is -0.567.